The standard InChI is InChI=1S/C12H12ClN5OS/c1-5-14-9(13)4-10(15-5)17-12(19)8-3-7(8)11-16-6(2)20-18-11/h4,7-8H,3H2,1-2H3,(H,14,15,17,19)/t7-,8-/m0/s1. The molecule has 0 aromatic carbocycles. The SMILES string of the molecule is Cc1nc(Cl)cc(NC(=O)[C@H]2C[C@@H]2c2nsc(C)n2)n1. The van der Waals surface area contributed by atoms with Crippen LogP contribution in [0.4, 0.5) is 5.82 Å². The second-order valence-electron chi connectivity index (χ2n) is 4.73. The Balaban J connectivity index is 1.66. The number of hydrogen-bond donors (Lipinski definition) is 1. The number of nitrogens with zero attached hydrogens (tertiary/aromatic N) is 4. The molecule has 1 N–H and O–H groups in total. The van der Waals surface area contributed by atoms with Crippen LogP contribution in [0.5, 0.6) is 0 Å². The first-order valence-electron chi connectivity index (χ1n) is 6.15. The van der Waals surface area contributed by atoms with Crippen molar-refractivity contribution in [3.05, 3.63) is 27.9 Å². The van der Waals surface area contributed by atoms with Gasteiger partial charge in [0.2, 0.25) is 5.91 Å². The first-order chi connectivity index (χ1) is 9.52. The lowest BCUT2D eigenvalue weighted by Gasteiger charge is -2.04. The lowest BCUT2D eigenvalue weighted by molar-refractivity contribution is -0.117. The van der Waals surface area contributed by atoms with Gasteiger partial charge in [0.15, 0.2) is 0 Å². The molecule has 2 aromatic rings. The second kappa shape index (κ2) is 5.06. The maximum absolute atomic E-state index is 12.1. The normalized spacial score (nSPS) is 20.8. The monoisotopic (exact) mass is 309 g/mol. The van der Waals surface area contributed by atoms with Gasteiger partial charge in [-0.05, 0) is 31.8 Å². The van der Waals surface area contributed by atoms with Gasteiger partial charge in [-0.3, -0.25) is 4.79 Å². The van der Waals surface area contributed by atoms with Gasteiger partial charge >= 0.3 is 0 Å². The number of carbonyl (C=O) groups excluding carboxylic acids is 1. The molecule has 0 aliphatic heterocycles. The van der Waals surface area contributed by atoms with E-state index in [9.17, 15) is 4.79 Å². The molecule has 1 amide bonds. The predicted octanol–water partition coefficient (Wildman–Crippen LogP) is 2.34. The van der Waals surface area contributed by atoms with Crippen molar-refractivity contribution in [2.24, 2.45) is 5.92 Å². The zero-order valence-corrected chi connectivity index (χ0v) is 12.5. The number of aromatic nitrogens is 4. The Hall–Kier alpha value is -1.60. The van der Waals surface area contributed by atoms with Gasteiger partial charge in [-0.25, -0.2) is 15.0 Å². The van der Waals surface area contributed by atoms with Crippen LogP contribution < -0.4 is 5.32 Å². The molecule has 20 heavy (non-hydrogen) atoms. The highest BCUT2D eigenvalue weighted by molar-refractivity contribution is 7.05. The lowest BCUT2D eigenvalue weighted by Crippen LogP contribution is -2.16. The van der Waals surface area contributed by atoms with Crippen LogP contribution in [-0.4, -0.2) is 25.2 Å². The molecule has 2 aromatic heterocycles. The summed E-state index contributed by atoms with van der Waals surface area (Å²) in [5, 5.41) is 4.00. The Bertz CT molecular complexity index is 653. The van der Waals surface area contributed by atoms with Crippen molar-refractivity contribution in [1.82, 2.24) is 19.3 Å². The fraction of sp³-hybridized carbons (Fsp3) is 0.417. The van der Waals surface area contributed by atoms with Gasteiger partial charge in [0.05, 0.1) is 0 Å². The van der Waals surface area contributed by atoms with Crippen LogP contribution in [0.2, 0.25) is 5.15 Å². The smallest absolute Gasteiger partial charge is 0.229 e. The maximum Gasteiger partial charge on any atom is 0.229 e. The summed E-state index contributed by atoms with van der Waals surface area (Å²) in [5.74, 6) is 1.69. The molecule has 0 spiro atoms. The van der Waals surface area contributed by atoms with Gasteiger partial charge in [-0.1, -0.05) is 11.6 Å². The van der Waals surface area contributed by atoms with E-state index in [1.165, 1.54) is 17.6 Å². The van der Waals surface area contributed by atoms with E-state index >= 15 is 0 Å². The summed E-state index contributed by atoms with van der Waals surface area (Å²) in [5.41, 5.74) is 0. The number of halogens is 1. The molecule has 0 unspecified atom stereocenters. The van der Waals surface area contributed by atoms with E-state index < -0.39 is 0 Å². The highest BCUT2D eigenvalue weighted by atomic mass is 35.5. The van der Waals surface area contributed by atoms with E-state index in [1.807, 2.05) is 6.92 Å². The molecule has 8 heteroatoms. The van der Waals surface area contributed by atoms with Crippen molar-refractivity contribution in [1.29, 1.82) is 0 Å². The number of aryl methyl sites for hydroxylation is 2. The summed E-state index contributed by atoms with van der Waals surface area (Å²) in [6.07, 6.45) is 0.778. The van der Waals surface area contributed by atoms with Crippen LogP contribution in [0.15, 0.2) is 6.07 Å². The molecule has 3 rings (SSSR count). The Labute approximate surface area is 124 Å². The molecular weight excluding hydrogens is 298 g/mol. The van der Waals surface area contributed by atoms with Gasteiger partial charge in [0.1, 0.15) is 27.6 Å². The van der Waals surface area contributed by atoms with Crippen molar-refractivity contribution in [3.63, 3.8) is 0 Å². The second-order valence-corrected chi connectivity index (χ2v) is 6.08. The van der Waals surface area contributed by atoms with Crippen LogP contribution in [0.25, 0.3) is 0 Å². The third kappa shape index (κ3) is 2.78. The molecule has 0 saturated heterocycles. The van der Waals surface area contributed by atoms with E-state index in [2.05, 4.69) is 24.6 Å². The molecule has 1 aliphatic carbocycles. The third-order valence-corrected chi connectivity index (χ3v) is 3.89. The van der Waals surface area contributed by atoms with E-state index in [0.717, 1.165) is 17.3 Å². The molecule has 1 fully saturated rings. The maximum atomic E-state index is 12.1. The number of rotatable bonds is 3. The Morgan fingerprint density at radius 3 is 2.85 bits per heavy atom. The van der Waals surface area contributed by atoms with Gasteiger partial charge in [0, 0.05) is 17.9 Å². The van der Waals surface area contributed by atoms with Crippen LogP contribution in [-0.2, 0) is 4.79 Å². The summed E-state index contributed by atoms with van der Waals surface area (Å²) < 4.78 is 4.25. The Morgan fingerprint density at radius 1 is 1.40 bits per heavy atom. The molecule has 2 heterocycles. The van der Waals surface area contributed by atoms with Gasteiger partial charge < -0.3 is 5.32 Å². The molecule has 2 atom stereocenters. The van der Waals surface area contributed by atoms with Gasteiger partial charge in [0.25, 0.3) is 0 Å². The summed E-state index contributed by atoms with van der Waals surface area (Å²) >= 11 is 7.20. The highest BCUT2D eigenvalue weighted by Crippen LogP contribution is 2.47. The predicted molar refractivity (Wildman–Crippen MR) is 75.9 cm³/mol. The van der Waals surface area contributed by atoms with E-state index in [1.54, 1.807) is 6.92 Å². The number of carbonyl (C=O) groups is 1. The number of hydrogen-bond acceptors (Lipinski definition) is 6. The Morgan fingerprint density at radius 2 is 2.20 bits per heavy atom. The van der Waals surface area contributed by atoms with Crippen molar-refractivity contribution < 1.29 is 4.79 Å². The number of anilines is 1. The topological polar surface area (TPSA) is 80.7 Å². The molecule has 0 radical (unpaired) electrons. The lowest BCUT2D eigenvalue weighted by atomic mass is 10.3. The van der Waals surface area contributed by atoms with Crippen molar-refractivity contribution in [2.45, 2.75) is 26.2 Å². The summed E-state index contributed by atoms with van der Waals surface area (Å²) in [7, 11) is 0. The first kappa shape index (κ1) is 13.4. The van der Waals surface area contributed by atoms with Gasteiger partial charge in [-0.15, -0.1) is 0 Å². The molecule has 104 valence electrons. The first-order valence-corrected chi connectivity index (χ1v) is 7.30. The Kier molecular flexibility index (Phi) is 3.39. The summed E-state index contributed by atoms with van der Waals surface area (Å²) in [6, 6.07) is 1.54. The molecular formula is C12H12ClN5OS. The van der Waals surface area contributed by atoms with E-state index in [4.69, 9.17) is 11.6 Å². The molecule has 0 bridgehead atoms. The molecule has 1 aliphatic rings. The third-order valence-electron chi connectivity index (χ3n) is 3.06. The minimum Gasteiger partial charge on any atom is -0.310 e. The molecule has 6 nitrogen and oxygen atoms in total. The van der Waals surface area contributed by atoms with Crippen LogP contribution in [0.3, 0.4) is 0 Å². The summed E-state index contributed by atoms with van der Waals surface area (Å²) in [6.45, 7) is 3.63. The number of nitrogens with one attached hydrogen (secondary N) is 1. The zero-order chi connectivity index (χ0) is 14.3. The van der Waals surface area contributed by atoms with Gasteiger partial charge in [-0.2, -0.15) is 4.37 Å². The molecule has 1 saturated carbocycles. The fourth-order valence-electron chi connectivity index (χ4n) is 2.05. The van der Waals surface area contributed by atoms with Crippen molar-refractivity contribution in [3.8, 4) is 0 Å². The average Bonchev–Trinajstić information content (AvgIpc) is 3.04. The largest absolute Gasteiger partial charge is 0.310 e. The zero-order valence-electron chi connectivity index (χ0n) is 10.9. The summed E-state index contributed by atoms with van der Waals surface area (Å²) in [4.78, 5) is 24.5. The minimum absolute atomic E-state index is 0.0726. The van der Waals surface area contributed by atoms with Crippen LogP contribution in [0, 0.1) is 19.8 Å². The average molecular weight is 310 g/mol. The number of amides is 1. The van der Waals surface area contributed by atoms with Crippen molar-refractivity contribution in [2.75, 3.05) is 5.32 Å². The van der Waals surface area contributed by atoms with Crippen LogP contribution in [0.1, 0.15) is 29.0 Å². The van der Waals surface area contributed by atoms with E-state index in [0.29, 0.717) is 16.8 Å². The highest BCUT2D eigenvalue weighted by Gasteiger charge is 2.46. The van der Waals surface area contributed by atoms with Crippen molar-refractivity contribution >= 4 is 34.9 Å². The fourth-order valence-corrected chi connectivity index (χ4v) is 2.81. The van der Waals surface area contributed by atoms with Crippen LogP contribution >= 0.6 is 23.1 Å². The van der Waals surface area contributed by atoms with E-state index in [-0.39, 0.29) is 17.7 Å². The quantitative estimate of drug-likeness (QED) is 0.880. The minimum atomic E-state index is -0.0851.